The van der Waals surface area contributed by atoms with Crippen molar-refractivity contribution in [2.45, 2.75) is 19.3 Å². The van der Waals surface area contributed by atoms with E-state index in [4.69, 9.17) is 23.2 Å². The zero-order valence-electron chi connectivity index (χ0n) is 9.26. The van der Waals surface area contributed by atoms with Gasteiger partial charge in [0.25, 0.3) is 0 Å². The minimum Gasteiger partial charge on any atom is -0.396 e. The molecule has 1 unspecified atom stereocenters. The van der Waals surface area contributed by atoms with Crippen molar-refractivity contribution < 1.29 is 5.11 Å². The average Bonchev–Trinajstić information content (AvgIpc) is 2.73. The Morgan fingerprint density at radius 3 is 2.82 bits per heavy atom. The molecule has 1 atom stereocenters. The van der Waals surface area contributed by atoms with E-state index < -0.39 is 0 Å². The Morgan fingerprint density at radius 2 is 2.06 bits per heavy atom. The summed E-state index contributed by atoms with van der Waals surface area (Å²) in [5.74, 6) is 0.344. The Bertz CT molecular complexity index is 576. The molecule has 90 valence electrons. The van der Waals surface area contributed by atoms with Crippen LogP contribution in [0.2, 0.25) is 10.0 Å². The van der Waals surface area contributed by atoms with Crippen LogP contribution in [0.15, 0.2) is 12.1 Å². The normalized spacial score (nSPS) is 19.6. The third-order valence-corrected chi connectivity index (χ3v) is 4.23. The number of aromatic amines is 1. The molecule has 0 bridgehead atoms. The summed E-state index contributed by atoms with van der Waals surface area (Å²) in [6, 6.07) is 3.65. The second kappa shape index (κ2) is 4.20. The molecule has 0 amide bonds. The fourth-order valence-corrected chi connectivity index (χ4v) is 3.16. The van der Waals surface area contributed by atoms with Crippen molar-refractivity contribution in [3.05, 3.63) is 33.4 Å². The number of halogens is 2. The van der Waals surface area contributed by atoms with Crippen LogP contribution in [0.25, 0.3) is 10.9 Å². The van der Waals surface area contributed by atoms with Gasteiger partial charge in [0.15, 0.2) is 0 Å². The summed E-state index contributed by atoms with van der Waals surface area (Å²) >= 11 is 12.4. The monoisotopic (exact) mass is 269 g/mol. The van der Waals surface area contributed by atoms with E-state index in [2.05, 4.69) is 4.98 Å². The number of H-pyrrole nitrogens is 1. The number of nitrogens with one attached hydrogen (secondary N) is 1. The van der Waals surface area contributed by atoms with E-state index in [1.165, 1.54) is 11.3 Å². The molecule has 0 fully saturated rings. The standard InChI is InChI=1S/C13H13Cl2NO/c14-9-2-3-10(15)13-12(9)8-5-7(6-17)1-4-11(8)16-13/h2-3,7,16-17H,1,4-6H2. The van der Waals surface area contributed by atoms with Crippen molar-refractivity contribution in [2.75, 3.05) is 6.61 Å². The van der Waals surface area contributed by atoms with Gasteiger partial charge in [-0.15, -0.1) is 0 Å². The van der Waals surface area contributed by atoms with Gasteiger partial charge < -0.3 is 10.1 Å². The Hall–Kier alpha value is -0.700. The summed E-state index contributed by atoms with van der Waals surface area (Å²) in [5, 5.41) is 11.8. The predicted molar refractivity (Wildman–Crippen MR) is 70.9 cm³/mol. The lowest BCUT2D eigenvalue weighted by Gasteiger charge is -2.20. The van der Waals surface area contributed by atoms with Crippen LogP contribution in [0.3, 0.4) is 0 Å². The van der Waals surface area contributed by atoms with Gasteiger partial charge in [0.2, 0.25) is 0 Å². The van der Waals surface area contributed by atoms with E-state index in [0.29, 0.717) is 10.9 Å². The van der Waals surface area contributed by atoms with Crippen LogP contribution in [0.5, 0.6) is 0 Å². The van der Waals surface area contributed by atoms with Crippen molar-refractivity contribution in [3.63, 3.8) is 0 Å². The van der Waals surface area contributed by atoms with E-state index in [0.717, 1.165) is 35.2 Å². The summed E-state index contributed by atoms with van der Waals surface area (Å²) in [6.45, 7) is 0.240. The Labute approximate surface area is 110 Å². The van der Waals surface area contributed by atoms with Crippen LogP contribution < -0.4 is 0 Å². The van der Waals surface area contributed by atoms with Gasteiger partial charge in [-0.05, 0) is 42.9 Å². The first-order valence-corrected chi connectivity index (χ1v) is 6.54. The van der Waals surface area contributed by atoms with E-state index in [1.807, 2.05) is 12.1 Å². The highest BCUT2D eigenvalue weighted by atomic mass is 35.5. The molecule has 17 heavy (non-hydrogen) atoms. The molecule has 0 saturated heterocycles. The topological polar surface area (TPSA) is 36.0 Å². The van der Waals surface area contributed by atoms with Gasteiger partial charge >= 0.3 is 0 Å². The highest BCUT2D eigenvalue weighted by Crippen LogP contribution is 2.38. The molecule has 0 saturated carbocycles. The summed E-state index contributed by atoms with van der Waals surface area (Å²) < 4.78 is 0. The lowest BCUT2D eigenvalue weighted by Crippen LogP contribution is -2.16. The molecule has 0 radical (unpaired) electrons. The lowest BCUT2D eigenvalue weighted by atomic mass is 9.87. The molecule has 1 heterocycles. The molecule has 1 aliphatic rings. The Morgan fingerprint density at radius 1 is 1.29 bits per heavy atom. The largest absolute Gasteiger partial charge is 0.396 e. The number of fused-ring (bicyclic) bond motifs is 3. The SMILES string of the molecule is OCC1CCc2[nH]c3c(Cl)ccc(Cl)c3c2C1. The second-order valence-electron chi connectivity index (χ2n) is 4.65. The van der Waals surface area contributed by atoms with Crippen molar-refractivity contribution in [1.29, 1.82) is 0 Å². The van der Waals surface area contributed by atoms with Crippen molar-refractivity contribution in [1.82, 2.24) is 4.98 Å². The maximum absolute atomic E-state index is 9.28. The highest BCUT2D eigenvalue weighted by molar-refractivity contribution is 6.40. The number of aliphatic hydroxyl groups is 1. The van der Waals surface area contributed by atoms with E-state index >= 15 is 0 Å². The van der Waals surface area contributed by atoms with Crippen LogP contribution in [-0.4, -0.2) is 16.7 Å². The quantitative estimate of drug-likeness (QED) is 0.816. The van der Waals surface area contributed by atoms with Gasteiger partial charge in [-0.1, -0.05) is 23.2 Å². The number of benzene rings is 1. The Kier molecular flexibility index (Phi) is 2.81. The first-order chi connectivity index (χ1) is 8.20. The van der Waals surface area contributed by atoms with Gasteiger partial charge in [-0.2, -0.15) is 0 Å². The van der Waals surface area contributed by atoms with Gasteiger partial charge in [0.1, 0.15) is 0 Å². The number of aryl methyl sites for hydroxylation is 1. The first kappa shape index (κ1) is 11.4. The fraction of sp³-hybridized carbons (Fsp3) is 0.385. The molecular weight excluding hydrogens is 257 g/mol. The third-order valence-electron chi connectivity index (χ3n) is 3.60. The number of aromatic nitrogens is 1. The number of aliphatic hydroxyl groups excluding tert-OH is 1. The maximum atomic E-state index is 9.28. The van der Waals surface area contributed by atoms with Crippen LogP contribution in [0.4, 0.5) is 0 Å². The summed E-state index contributed by atoms with van der Waals surface area (Å²) in [7, 11) is 0. The zero-order valence-corrected chi connectivity index (χ0v) is 10.8. The average molecular weight is 270 g/mol. The molecular formula is C13H13Cl2NO. The van der Waals surface area contributed by atoms with E-state index in [9.17, 15) is 5.11 Å². The van der Waals surface area contributed by atoms with Gasteiger partial charge in [-0.25, -0.2) is 0 Å². The molecule has 0 aliphatic heterocycles. The van der Waals surface area contributed by atoms with E-state index in [-0.39, 0.29) is 6.61 Å². The van der Waals surface area contributed by atoms with Crippen LogP contribution in [-0.2, 0) is 12.8 Å². The van der Waals surface area contributed by atoms with Crippen LogP contribution >= 0.6 is 23.2 Å². The molecule has 1 aromatic heterocycles. The summed E-state index contributed by atoms with van der Waals surface area (Å²) in [5.41, 5.74) is 3.39. The number of hydrogen-bond acceptors (Lipinski definition) is 1. The maximum Gasteiger partial charge on any atom is 0.0663 e. The van der Waals surface area contributed by atoms with Crippen molar-refractivity contribution >= 4 is 34.1 Å². The smallest absolute Gasteiger partial charge is 0.0663 e. The molecule has 2 N–H and O–H groups in total. The molecule has 4 heteroatoms. The number of rotatable bonds is 1. The van der Waals surface area contributed by atoms with Crippen LogP contribution in [0, 0.1) is 5.92 Å². The summed E-state index contributed by atoms with van der Waals surface area (Å²) in [6.07, 6.45) is 2.86. The second-order valence-corrected chi connectivity index (χ2v) is 5.47. The van der Waals surface area contributed by atoms with Crippen molar-refractivity contribution in [2.24, 2.45) is 5.92 Å². The lowest BCUT2D eigenvalue weighted by molar-refractivity contribution is 0.213. The van der Waals surface area contributed by atoms with Gasteiger partial charge in [0, 0.05) is 17.7 Å². The molecule has 1 aromatic carbocycles. The summed E-state index contributed by atoms with van der Waals surface area (Å²) in [4.78, 5) is 3.37. The predicted octanol–water partition coefficient (Wildman–Crippen LogP) is 3.57. The molecule has 1 aliphatic carbocycles. The van der Waals surface area contributed by atoms with Gasteiger partial charge in [-0.3, -0.25) is 0 Å². The Balaban J connectivity index is 2.24. The molecule has 2 nitrogen and oxygen atoms in total. The number of hydrogen-bond donors (Lipinski definition) is 2. The minimum atomic E-state index is 0.240. The third kappa shape index (κ3) is 1.75. The molecule has 3 rings (SSSR count). The van der Waals surface area contributed by atoms with Crippen molar-refractivity contribution in [3.8, 4) is 0 Å². The van der Waals surface area contributed by atoms with Crippen LogP contribution in [0.1, 0.15) is 17.7 Å². The highest BCUT2D eigenvalue weighted by Gasteiger charge is 2.23. The first-order valence-electron chi connectivity index (χ1n) is 5.79. The van der Waals surface area contributed by atoms with E-state index in [1.54, 1.807) is 0 Å². The molecule has 2 aromatic rings. The minimum absolute atomic E-state index is 0.240. The zero-order chi connectivity index (χ0) is 12.0. The van der Waals surface area contributed by atoms with Gasteiger partial charge in [0.05, 0.1) is 15.6 Å². The fourth-order valence-electron chi connectivity index (χ4n) is 2.68. The molecule has 0 spiro atoms.